The van der Waals surface area contributed by atoms with Crippen molar-refractivity contribution >= 4 is 17.3 Å². The van der Waals surface area contributed by atoms with Gasteiger partial charge in [0.15, 0.2) is 0 Å². The van der Waals surface area contributed by atoms with E-state index in [0.29, 0.717) is 12.0 Å². The van der Waals surface area contributed by atoms with Crippen LogP contribution in [-0.2, 0) is 16.0 Å². The van der Waals surface area contributed by atoms with E-state index in [1.54, 1.807) is 29.5 Å². The number of rotatable bonds is 6. The van der Waals surface area contributed by atoms with Gasteiger partial charge in [0.05, 0.1) is 6.10 Å². The van der Waals surface area contributed by atoms with E-state index < -0.39 is 42.4 Å². The van der Waals surface area contributed by atoms with Gasteiger partial charge in [-0.1, -0.05) is 37.3 Å². The predicted molar refractivity (Wildman–Crippen MR) is 124 cm³/mol. The summed E-state index contributed by atoms with van der Waals surface area (Å²) in [5.74, 6) is -2.87. The molecule has 1 aromatic heterocycles. The first kappa shape index (κ1) is 24.5. The van der Waals surface area contributed by atoms with Gasteiger partial charge in [-0.25, -0.2) is 4.39 Å². The SMILES string of the molecule is Cc1ccc([C@@H]2O[C@H](C(C)C(=O)[O-])[C@@H](O)[C@@H](O)[C@H]2O)cc1Cc1ccc(-c2ccc(F)cc2)s1. The minimum atomic E-state index is -1.56. The summed E-state index contributed by atoms with van der Waals surface area (Å²) >= 11 is 1.60. The molecule has 0 amide bonds. The van der Waals surface area contributed by atoms with Crippen LogP contribution in [0.4, 0.5) is 4.39 Å². The Labute approximate surface area is 200 Å². The molecule has 1 aliphatic heterocycles. The number of carboxylic acid groups (broad SMARTS) is 1. The van der Waals surface area contributed by atoms with Gasteiger partial charge in [0.2, 0.25) is 0 Å². The zero-order valence-corrected chi connectivity index (χ0v) is 19.5. The van der Waals surface area contributed by atoms with Crippen molar-refractivity contribution in [2.45, 2.75) is 50.8 Å². The van der Waals surface area contributed by atoms with Crippen molar-refractivity contribution in [3.8, 4) is 10.4 Å². The van der Waals surface area contributed by atoms with E-state index in [0.717, 1.165) is 26.4 Å². The number of hydrogen-bond acceptors (Lipinski definition) is 7. The molecule has 1 aliphatic rings. The number of carbonyl (C=O) groups is 1. The number of hydrogen-bond donors (Lipinski definition) is 3. The molecule has 6 atom stereocenters. The highest BCUT2D eigenvalue weighted by Crippen LogP contribution is 2.36. The first-order chi connectivity index (χ1) is 16.2. The number of aliphatic carboxylic acids is 1. The second-order valence-corrected chi connectivity index (χ2v) is 9.90. The Kier molecular flexibility index (Phi) is 7.16. The fourth-order valence-electron chi connectivity index (χ4n) is 4.22. The van der Waals surface area contributed by atoms with E-state index in [4.69, 9.17) is 4.74 Å². The number of benzene rings is 2. The van der Waals surface area contributed by atoms with Crippen molar-refractivity contribution in [1.29, 1.82) is 0 Å². The smallest absolute Gasteiger partial charge is 0.123 e. The first-order valence-electron chi connectivity index (χ1n) is 11.0. The van der Waals surface area contributed by atoms with Crippen molar-refractivity contribution in [1.82, 2.24) is 0 Å². The van der Waals surface area contributed by atoms with Crippen LogP contribution in [0.5, 0.6) is 0 Å². The molecule has 8 heteroatoms. The number of aliphatic hydroxyl groups excluding tert-OH is 3. The average molecular weight is 486 g/mol. The molecule has 1 unspecified atom stereocenters. The van der Waals surface area contributed by atoms with Crippen LogP contribution in [0.25, 0.3) is 10.4 Å². The third-order valence-electron chi connectivity index (χ3n) is 6.37. The normalized spacial score (nSPS) is 25.8. The summed E-state index contributed by atoms with van der Waals surface area (Å²) in [4.78, 5) is 13.4. The van der Waals surface area contributed by atoms with Crippen LogP contribution in [0, 0.1) is 18.7 Å². The quantitative estimate of drug-likeness (QED) is 0.495. The molecule has 0 spiro atoms. The minimum absolute atomic E-state index is 0.283. The second-order valence-electron chi connectivity index (χ2n) is 8.74. The van der Waals surface area contributed by atoms with E-state index in [1.165, 1.54) is 19.1 Å². The Hall–Kier alpha value is -2.62. The van der Waals surface area contributed by atoms with E-state index in [9.17, 15) is 29.6 Å². The van der Waals surface area contributed by atoms with Gasteiger partial charge in [0.25, 0.3) is 0 Å². The first-order valence-corrected chi connectivity index (χ1v) is 11.8. The van der Waals surface area contributed by atoms with E-state index in [-0.39, 0.29) is 5.82 Å². The van der Waals surface area contributed by atoms with Crippen LogP contribution in [0.1, 0.15) is 34.6 Å². The van der Waals surface area contributed by atoms with Gasteiger partial charge in [-0.05, 0) is 53.4 Å². The molecule has 6 nitrogen and oxygen atoms in total. The molecular weight excluding hydrogens is 459 g/mol. The number of carbonyl (C=O) groups excluding carboxylic acids is 1. The van der Waals surface area contributed by atoms with Crippen LogP contribution in [0.2, 0.25) is 0 Å². The molecule has 0 saturated carbocycles. The highest BCUT2D eigenvalue weighted by atomic mass is 32.1. The number of aliphatic hydroxyl groups is 3. The van der Waals surface area contributed by atoms with Crippen molar-refractivity contribution in [3.63, 3.8) is 0 Å². The van der Waals surface area contributed by atoms with E-state index in [1.807, 2.05) is 31.2 Å². The minimum Gasteiger partial charge on any atom is -0.550 e. The standard InChI is InChI=1S/C26H27FO6S/c1-13-3-4-16(25-23(30)21(28)22(29)24(33-25)14(2)26(31)32)11-17(13)12-19-9-10-20(34-19)15-5-7-18(27)8-6-15/h3-11,14,21-25,28-30H,12H2,1-2H3,(H,31,32)/p-1/t14?,21-,22+,23-,24-,25+/m1/s1. The van der Waals surface area contributed by atoms with Gasteiger partial charge < -0.3 is 30.0 Å². The topological polar surface area (TPSA) is 110 Å². The monoisotopic (exact) mass is 485 g/mol. The zero-order valence-electron chi connectivity index (χ0n) is 18.7. The molecule has 0 radical (unpaired) electrons. The van der Waals surface area contributed by atoms with E-state index >= 15 is 0 Å². The summed E-state index contributed by atoms with van der Waals surface area (Å²) in [5, 5.41) is 42.5. The summed E-state index contributed by atoms with van der Waals surface area (Å²) in [5.41, 5.74) is 3.50. The summed E-state index contributed by atoms with van der Waals surface area (Å²) in [6.07, 6.45) is -6.18. The molecule has 2 aromatic carbocycles. The lowest BCUT2D eigenvalue weighted by atomic mass is 9.85. The molecule has 3 N–H and O–H groups in total. The van der Waals surface area contributed by atoms with Crippen molar-refractivity contribution in [3.05, 3.63) is 82.0 Å². The number of ether oxygens (including phenoxy) is 1. The Bertz CT molecular complexity index is 1160. The van der Waals surface area contributed by atoms with Crippen LogP contribution in [-0.4, -0.2) is 45.7 Å². The number of aryl methyl sites for hydroxylation is 1. The largest absolute Gasteiger partial charge is 0.550 e. The van der Waals surface area contributed by atoms with Crippen molar-refractivity contribution < 1.29 is 34.3 Å². The molecule has 34 heavy (non-hydrogen) atoms. The van der Waals surface area contributed by atoms with Gasteiger partial charge in [-0.2, -0.15) is 0 Å². The molecule has 1 fully saturated rings. The van der Waals surface area contributed by atoms with Gasteiger partial charge in [-0.15, -0.1) is 11.3 Å². The van der Waals surface area contributed by atoms with Crippen LogP contribution < -0.4 is 5.11 Å². The summed E-state index contributed by atoms with van der Waals surface area (Å²) in [6, 6.07) is 15.8. The highest BCUT2D eigenvalue weighted by molar-refractivity contribution is 7.15. The lowest BCUT2D eigenvalue weighted by molar-refractivity contribution is -0.321. The third-order valence-corrected chi connectivity index (χ3v) is 7.51. The predicted octanol–water partition coefficient (Wildman–Crippen LogP) is 2.36. The molecular formula is C26H26FO6S-. The third kappa shape index (κ3) is 4.92. The lowest BCUT2D eigenvalue weighted by Crippen LogP contribution is -2.58. The molecule has 4 rings (SSSR count). The Morgan fingerprint density at radius 1 is 1.06 bits per heavy atom. The second kappa shape index (κ2) is 9.93. The van der Waals surface area contributed by atoms with Gasteiger partial charge in [0, 0.05) is 28.1 Å². The molecule has 0 bridgehead atoms. The number of halogens is 1. The summed E-state index contributed by atoms with van der Waals surface area (Å²) < 4.78 is 19.0. The maximum atomic E-state index is 13.2. The molecule has 180 valence electrons. The van der Waals surface area contributed by atoms with Gasteiger partial charge >= 0.3 is 0 Å². The lowest BCUT2D eigenvalue weighted by Gasteiger charge is -2.43. The Balaban J connectivity index is 1.58. The summed E-state index contributed by atoms with van der Waals surface area (Å²) in [6.45, 7) is 3.30. The van der Waals surface area contributed by atoms with Crippen molar-refractivity contribution in [2.75, 3.05) is 0 Å². The average Bonchev–Trinajstić information content (AvgIpc) is 3.28. The number of carboxylic acids is 1. The van der Waals surface area contributed by atoms with Gasteiger partial charge in [-0.3, -0.25) is 0 Å². The fraction of sp³-hybridized carbons (Fsp3) is 0.346. The van der Waals surface area contributed by atoms with E-state index in [2.05, 4.69) is 0 Å². The van der Waals surface area contributed by atoms with Crippen LogP contribution in [0.15, 0.2) is 54.6 Å². The molecule has 1 saturated heterocycles. The molecule has 2 heterocycles. The molecule has 3 aromatic rings. The molecule has 0 aliphatic carbocycles. The summed E-state index contributed by atoms with van der Waals surface area (Å²) in [7, 11) is 0. The Morgan fingerprint density at radius 3 is 2.44 bits per heavy atom. The maximum absolute atomic E-state index is 13.2. The fourth-order valence-corrected chi connectivity index (χ4v) is 5.25. The Morgan fingerprint density at radius 2 is 1.76 bits per heavy atom. The maximum Gasteiger partial charge on any atom is 0.123 e. The number of thiophene rings is 1. The van der Waals surface area contributed by atoms with Crippen molar-refractivity contribution in [2.24, 2.45) is 5.92 Å². The van der Waals surface area contributed by atoms with Crippen LogP contribution in [0.3, 0.4) is 0 Å². The van der Waals surface area contributed by atoms with Crippen LogP contribution >= 0.6 is 11.3 Å². The zero-order chi connectivity index (χ0) is 24.6. The highest BCUT2D eigenvalue weighted by Gasteiger charge is 2.46. The van der Waals surface area contributed by atoms with Gasteiger partial charge in [0.1, 0.15) is 30.2 Å².